The number of carbonyl (C=O) groups excluding carboxylic acids is 2. The van der Waals surface area contributed by atoms with E-state index in [1.54, 1.807) is 24.3 Å². The van der Waals surface area contributed by atoms with Gasteiger partial charge in [0.15, 0.2) is 0 Å². The van der Waals surface area contributed by atoms with Crippen molar-refractivity contribution in [1.82, 2.24) is 4.57 Å². The molecule has 0 atom stereocenters. The van der Waals surface area contributed by atoms with E-state index < -0.39 is 11.8 Å². The van der Waals surface area contributed by atoms with Crippen molar-refractivity contribution < 1.29 is 14.3 Å². The first-order chi connectivity index (χ1) is 15.5. The third kappa shape index (κ3) is 3.37. The van der Waals surface area contributed by atoms with Gasteiger partial charge in [0.05, 0.1) is 11.3 Å². The Hall–Kier alpha value is -3.83. The van der Waals surface area contributed by atoms with Gasteiger partial charge < -0.3 is 9.30 Å². The van der Waals surface area contributed by atoms with Crippen LogP contribution < -0.4 is 9.64 Å². The molecule has 1 aliphatic rings. The van der Waals surface area contributed by atoms with Gasteiger partial charge >= 0.3 is 0 Å². The maximum Gasteiger partial charge on any atom is 0.277 e. The highest BCUT2D eigenvalue weighted by molar-refractivity contribution is 6.60. The van der Waals surface area contributed by atoms with Gasteiger partial charge in [-0.25, -0.2) is 4.90 Å². The number of rotatable bonds is 5. The standard InChI is InChI=1S/C26H19ClN2O3/c1-28-15-21(23-24(27)26(31)29(25(23)30)18-10-6-3-7-11-18)20-14-19(12-13-22(20)28)32-16-17-8-4-2-5-9-17/h2-15H,16H2,1H3. The van der Waals surface area contributed by atoms with E-state index in [1.807, 2.05) is 72.4 Å². The predicted octanol–water partition coefficient (Wildman–Crippen LogP) is 5.28. The lowest BCUT2D eigenvalue weighted by atomic mass is 10.0. The van der Waals surface area contributed by atoms with Gasteiger partial charge in [0.1, 0.15) is 17.4 Å². The van der Waals surface area contributed by atoms with E-state index in [0.29, 0.717) is 23.6 Å². The number of hydrogen-bond acceptors (Lipinski definition) is 3. The zero-order valence-electron chi connectivity index (χ0n) is 17.3. The van der Waals surface area contributed by atoms with Gasteiger partial charge in [-0.1, -0.05) is 60.1 Å². The van der Waals surface area contributed by atoms with Crippen LogP contribution in [0.3, 0.4) is 0 Å². The summed E-state index contributed by atoms with van der Waals surface area (Å²) in [5.74, 6) is -0.289. The maximum atomic E-state index is 13.3. The summed E-state index contributed by atoms with van der Waals surface area (Å²) in [6.07, 6.45) is 1.82. The molecule has 2 heterocycles. The van der Waals surface area contributed by atoms with Crippen molar-refractivity contribution in [1.29, 1.82) is 0 Å². The molecule has 0 aliphatic carbocycles. The summed E-state index contributed by atoms with van der Waals surface area (Å²) in [7, 11) is 1.89. The molecule has 5 nitrogen and oxygen atoms in total. The molecular formula is C26H19ClN2O3. The van der Waals surface area contributed by atoms with Crippen LogP contribution in [-0.4, -0.2) is 16.4 Å². The van der Waals surface area contributed by atoms with E-state index in [0.717, 1.165) is 21.4 Å². The average Bonchev–Trinajstić information content (AvgIpc) is 3.25. The number of amides is 2. The molecule has 0 unspecified atom stereocenters. The van der Waals surface area contributed by atoms with Gasteiger partial charge in [0.2, 0.25) is 0 Å². The summed E-state index contributed by atoms with van der Waals surface area (Å²) in [5, 5.41) is 0.712. The van der Waals surface area contributed by atoms with Crippen molar-refractivity contribution in [3.05, 3.63) is 101 Å². The van der Waals surface area contributed by atoms with Gasteiger partial charge in [-0.3, -0.25) is 9.59 Å². The Morgan fingerprint density at radius 3 is 2.28 bits per heavy atom. The number of nitrogens with zero attached hydrogens (tertiary/aromatic N) is 2. The van der Waals surface area contributed by atoms with Crippen molar-refractivity contribution in [2.24, 2.45) is 7.05 Å². The fourth-order valence-electron chi connectivity index (χ4n) is 3.95. The molecule has 2 amide bonds. The summed E-state index contributed by atoms with van der Waals surface area (Å²) in [6.45, 7) is 0.428. The van der Waals surface area contributed by atoms with E-state index in [-0.39, 0.29) is 10.6 Å². The van der Waals surface area contributed by atoms with Crippen LogP contribution in [0.1, 0.15) is 11.1 Å². The Labute approximate surface area is 190 Å². The normalized spacial score (nSPS) is 14.0. The Morgan fingerprint density at radius 1 is 0.875 bits per heavy atom. The number of imide groups is 1. The number of aromatic nitrogens is 1. The molecule has 0 radical (unpaired) electrons. The third-order valence-corrected chi connectivity index (χ3v) is 5.87. The number of hydrogen-bond donors (Lipinski definition) is 0. The highest BCUT2D eigenvalue weighted by Gasteiger charge is 2.40. The van der Waals surface area contributed by atoms with Crippen LogP contribution in [0.25, 0.3) is 16.5 Å². The lowest BCUT2D eigenvalue weighted by Gasteiger charge is -2.14. The van der Waals surface area contributed by atoms with Crippen LogP contribution in [0.15, 0.2) is 90.1 Å². The van der Waals surface area contributed by atoms with E-state index in [9.17, 15) is 9.59 Å². The molecule has 0 spiro atoms. The van der Waals surface area contributed by atoms with Gasteiger partial charge in [0, 0.05) is 29.7 Å². The lowest BCUT2D eigenvalue weighted by Crippen LogP contribution is -2.31. The smallest absolute Gasteiger partial charge is 0.277 e. The lowest BCUT2D eigenvalue weighted by molar-refractivity contribution is -0.119. The SMILES string of the molecule is Cn1cc(C2=C(Cl)C(=O)N(c3ccccc3)C2=O)c2cc(OCc3ccccc3)ccc21. The van der Waals surface area contributed by atoms with E-state index in [1.165, 1.54) is 0 Å². The first-order valence-corrected chi connectivity index (χ1v) is 10.5. The monoisotopic (exact) mass is 442 g/mol. The summed E-state index contributed by atoms with van der Waals surface area (Å²) < 4.78 is 7.88. The first-order valence-electron chi connectivity index (χ1n) is 10.1. The van der Waals surface area contributed by atoms with Gasteiger partial charge in [-0.15, -0.1) is 0 Å². The molecule has 0 N–H and O–H groups in total. The molecule has 6 heteroatoms. The molecule has 1 aliphatic heterocycles. The molecular weight excluding hydrogens is 424 g/mol. The predicted molar refractivity (Wildman–Crippen MR) is 125 cm³/mol. The molecule has 4 aromatic rings. The molecule has 5 rings (SSSR count). The summed E-state index contributed by atoms with van der Waals surface area (Å²) in [6, 6.07) is 24.4. The molecule has 1 aromatic heterocycles. The highest BCUT2D eigenvalue weighted by Crippen LogP contribution is 2.39. The van der Waals surface area contributed by atoms with E-state index in [2.05, 4.69) is 0 Å². The van der Waals surface area contributed by atoms with Crippen molar-refractivity contribution >= 4 is 45.6 Å². The summed E-state index contributed by atoms with van der Waals surface area (Å²) in [5.41, 5.74) is 3.26. The average molecular weight is 443 g/mol. The molecule has 158 valence electrons. The number of fused-ring (bicyclic) bond motifs is 1. The second-order valence-electron chi connectivity index (χ2n) is 7.58. The minimum Gasteiger partial charge on any atom is -0.489 e. The van der Waals surface area contributed by atoms with Crippen LogP contribution in [0.2, 0.25) is 0 Å². The Balaban J connectivity index is 1.53. The van der Waals surface area contributed by atoms with Crippen LogP contribution in [-0.2, 0) is 23.2 Å². The van der Waals surface area contributed by atoms with Crippen molar-refractivity contribution in [3.63, 3.8) is 0 Å². The largest absolute Gasteiger partial charge is 0.489 e. The minimum atomic E-state index is -0.522. The summed E-state index contributed by atoms with van der Waals surface area (Å²) in [4.78, 5) is 27.3. The number of anilines is 1. The third-order valence-electron chi connectivity index (χ3n) is 5.52. The minimum absolute atomic E-state index is 0.0815. The van der Waals surface area contributed by atoms with Gasteiger partial charge in [0.25, 0.3) is 11.8 Å². The number of ether oxygens (including phenoxy) is 1. The highest BCUT2D eigenvalue weighted by atomic mass is 35.5. The number of carbonyl (C=O) groups is 2. The Bertz CT molecular complexity index is 1370. The number of halogens is 1. The second-order valence-corrected chi connectivity index (χ2v) is 7.96. The molecule has 0 bridgehead atoms. The van der Waals surface area contributed by atoms with Crippen LogP contribution in [0, 0.1) is 0 Å². The van der Waals surface area contributed by atoms with Gasteiger partial charge in [-0.2, -0.15) is 0 Å². The fraction of sp³-hybridized carbons (Fsp3) is 0.0769. The fourth-order valence-corrected chi connectivity index (χ4v) is 4.22. The molecule has 0 saturated heterocycles. The van der Waals surface area contributed by atoms with Crippen LogP contribution >= 0.6 is 11.6 Å². The maximum absolute atomic E-state index is 13.3. The Morgan fingerprint density at radius 2 is 1.56 bits per heavy atom. The summed E-state index contributed by atoms with van der Waals surface area (Å²) >= 11 is 6.42. The molecule has 0 saturated carbocycles. The molecule has 0 fully saturated rings. The second kappa shape index (κ2) is 8.02. The zero-order valence-corrected chi connectivity index (χ0v) is 18.0. The topological polar surface area (TPSA) is 51.5 Å². The molecule has 3 aromatic carbocycles. The van der Waals surface area contributed by atoms with E-state index in [4.69, 9.17) is 16.3 Å². The zero-order chi connectivity index (χ0) is 22.2. The van der Waals surface area contributed by atoms with Crippen molar-refractivity contribution in [3.8, 4) is 5.75 Å². The van der Waals surface area contributed by atoms with Gasteiger partial charge in [-0.05, 0) is 35.9 Å². The van der Waals surface area contributed by atoms with Crippen molar-refractivity contribution in [2.45, 2.75) is 6.61 Å². The van der Waals surface area contributed by atoms with Crippen molar-refractivity contribution in [2.75, 3.05) is 4.90 Å². The first kappa shape index (κ1) is 20.1. The Kier molecular flexibility index (Phi) is 5.04. The van der Waals surface area contributed by atoms with Crippen LogP contribution in [0.4, 0.5) is 5.69 Å². The number of para-hydroxylation sites is 1. The quantitative estimate of drug-likeness (QED) is 0.395. The van der Waals surface area contributed by atoms with Crippen LogP contribution in [0.5, 0.6) is 5.75 Å². The van der Waals surface area contributed by atoms with E-state index >= 15 is 0 Å². The number of benzene rings is 3. The number of aryl methyl sites for hydroxylation is 1. The molecule has 32 heavy (non-hydrogen) atoms.